The zero-order chi connectivity index (χ0) is 23.8. The molecule has 0 saturated heterocycles. The SMILES string of the molecule is CC[C@@H](C(=O)NC(C)C)N(Cc1ccc(F)cc1)C(=O)COc1ccc(C(C)C)cc1Br. The Bertz CT molecular complexity index is 916. The van der Waals surface area contributed by atoms with Crippen molar-refractivity contribution in [2.75, 3.05) is 6.61 Å². The molecule has 0 saturated carbocycles. The first-order valence-corrected chi connectivity index (χ1v) is 11.7. The first kappa shape index (κ1) is 25.8. The molecule has 1 N–H and O–H groups in total. The van der Waals surface area contributed by atoms with Crippen LogP contribution in [-0.2, 0) is 16.1 Å². The lowest BCUT2D eigenvalue weighted by molar-refractivity contribution is -0.143. The summed E-state index contributed by atoms with van der Waals surface area (Å²) in [5, 5.41) is 2.88. The van der Waals surface area contributed by atoms with Crippen molar-refractivity contribution >= 4 is 27.7 Å². The van der Waals surface area contributed by atoms with Crippen molar-refractivity contribution in [2.24, 2.45) is 0 Å². The van der Waals surface area contributed by atoms with Gasteiger partial charge in [0, 0.05) is 12.6 Å². The van der Waals surface area contributed by atoms with Crippen molar-refractivity contribution in [3.63, 3.8) is 0 Å². The molecule has 2 amide bonds. The van der Waals surface area contributed by atoms with E-state index in [-0.39, 0.29) is 36.8 Å². The van der Waals surface area contributed by atoms with Gasteiger partial charge in [0.05, 0.1) is 4.47 Å². The molecule has 1 atom stereocenters. The molecule has 0 aliphatic carbocycles. The van der Waals surface area contributed by atoms with Gasteiger partial charge in [-0.05, 0) is 77.5 Å². The molecule has 0 unspecified atom stereocenters. The summed E-state index contributed by atoms with van der Waals surface area (Å²) in [6.45, 7) is 9.78. The second-order valence-electron chi connectivity index (χ2n) is 8.37. The standard InChI is InChI=1S/C25H32BrFN2O3/c1-6-22(25(31)28-17(4)5)29(14-18-7-10-20(27)11-8-18)24(30)15-32-23-12-9-19(16(2)3)13-21(23)26/h7-13,16-17,22H,6,14-15H2,1-5H3,(H,28,31)/t22-/m0/s1. The fraction of sp³-hybridized carbons (Fsp3) is 0.440. The van der Waals surface area contributed by atoms with Crippen LogP contribution in [0.2, 0.25) is 0 Å². The molecule has 0 aliphatic rings. The van der Waals surface area contributed by atoms with E-state index in [1.165, 1.54) is 17.0 Å². The van der Waals surface area contributed by atoms with Gasteiger partial charge in [0.1, 0.15) is 17.6 Å². The summed E-state index contributed by atoms with van der Waals surface area (Å²) in [5.41, 5.74) is 1.89. The summed E-state index contributed by atoms with van der Waals surface area (Å²) in [7, 11) is 0. The number of benzene rings is 2. The van der Waals surface area contributed by atoms with Crippen molar-refractivity contribution in [1.29, 1.82) is 0 Å². The number of halogens is 2. The van der Waals surface area contributed by atoms with Crippen LogP contribution < -0.4 is 10.1 Å². The molecule has 2 rings (SSSR count). The molecule has 7 heteroatoms. The Morgan fingerprint density at radius 1 is 1.09 bits per heavy atom. The highest BCUT2D eigenvalue weighted by Gasteiger charge is 2.29. The van der Waals surface area contributed by atoms with E-state index in [2.05, 4.69) is 35.1 Å². The van der Waals surface area contributed by atoms with E-state index in [0.29, 0.717) is 18.1 Å². The Morgan fingerprint density at radius 3 is 2.28 bits per heavy atom. The average molecular weight is 507 g/mol. The maximum atomic E-state index is 13.3. The lowest BCUT2D eigenvalue weighted by Gasteiger charge is -2.31. The van der Waals surface area contributed by atoms with Crippen molar-refractivity contribution in [2.45, 2.75) is 65.6 Å². The molecule has 174 valence electrons. The minimum Gasteiger partial charge on any atom is -0.483 e. The van der Waals surface area contributed by atoms with Crippen LogP contribution in [0.5, 0.6) is 5.75 Å². The predicted molar refractivity (Wildman–Crippen MR) is 128 cm³/mol. The average Bonchev–Trinajstić information content (AvgIpc) is 2.73. The van der Waals surface area contributed by atoms with Crippen molar-refractivity contribution in [3.8, 4) is 5.75 Å². The van der Waals surface area contributed by atoms with Gasteiger partial charge in [-0.25, -0.2) is 4.39 Å². The lowest BCUT2D eigenvalue weighted by Crippen LogP contribution is -2.51. The van der Waals surface area contributed by atoms with Crippen molar-refractivity contribution in [3.05, 3.63) is 63.9 Å². The number of carbonyl (C=O) groups excluding carboxylic acids is 2. The van der Waals surface area contributed by atoms with Gasteiger partial charge in [0.15, 0.2) is 6.61 Å². The first-order chi connectivity index (χ1) is 15.1. The van der Waals surface area contributed by atoms with Crippen LogP contribution in [0.25, 0.3) is 0 Å². The summed E-state index contributed by atoms with van der Waals surface area (Å²) in [5.74, 6) is 0.0386. The Hall–Kier alpha value is -2.41. The van der Waals surface area contributed by atoms with Gasteiger partial charge in [0.25, 0.3) is 5.91 Å². The molecule has 5 nitrogen and oxygen atoms in total. The van der Waals surface area contributed by atoms with Crippen LogP contribution in [-0.4, -0.2) is 35.4 Å². The van der Waals surface area contributed by atoms with Crippen LogP contribution in [0.4, 0.5) is 4.39 Å². The van der Waals surface area contributed by atoms with E-state index >= 15 is 0 Å². The first-order valence-electron chi connectivity index (χ1n) is 10.9. The molecular formula is C25H32BrFN2O3. The molecule has 0 radical (unpaired) electrons. The molecule has 0 bridgehead atoms. The quantitative estimate of drug-likeness (QED) is 0.467. The summed E-state index contributed by atoms with van der Waals surface area (Å²) in [4.78, 5) is 27.5. The molecule has 0 aromatic heterocycles. The number of ether oxygens (including phenoxy) is 1. The van der Waals surface area contributed by atoms with E-state index in [1.54, 1.807) is 12.1 Å². The number of nitrogens with one attached hydrogen (secondary N) is 1. The molecule has 2 aromatic rings. The van der Waals surface area contributed by atoms with Gasteiger partial charge in [-0.2, -0.15) is 0 Å². The molecular weight excluding hydrogens is 475 g/mol. The Balaban J connectivity index is 2.22. The molecule has 0 fully saturated rings. The number of rotatable bonds is 10. The maximum absolute atomic E-state index is 13.3. The van der Waals surface area contributed by atoms with Gasteiger partial charge in [-0.15, -0.1) is 0 Å². The highest BCUT2D eigenvalue weighted by molar-refractivity contribution is 9.10. The van der Waals surface area contributed by atoms with Crippen LogP contribution in [0.1, 0.15) is 58.1 Å². The molecule has 0 spiro atoms. The maximum Gasteiger partial charge on any atom is 0.261 e. The number of amides is 2. The van der Waals surface area contributed by atoms with Crippen molar-refractivity contribution in [1.82, 2.24) is 10.2 Å². The largest absolute Gasteiger partial charge is 0.483 e. The van der Waals surface area contributed by atoms with Crippen LogP contribution in [0.3, 0.4) is 0 Å². The van der Waals surface area contributed by atoms with Gasteiger partial charge in [0.2, 0.25) is 5.91 Å². The van der Waals surface area contributed by atoms with Crippen LogP contribution >= 0.6 is 15.9 Å². The zero-order valence-corrected chi connectivity index (χ0v) is 20.9. The second kappa shape index (κ2) is 12.0. The molecule has 32 heavy (non-hydrogen) atoms. The minimum absolute atomic E-state index is 0.0500. The number of hydrogen-bond donors (Lipinski definition) is 1. The van der Waals surface area contributed by atoms with Crippen molar-refractivity contribution < 1.29 is 18.7 Å². The Labute approximate surface area is 198 Å². The monoisotopic (exact) mass is 506 g/mol. The van der Waals surface area contributed by atoms with Crippen LogP contribution in [0.15, 0.2) is 46.9 Å². The summed E-state index contributed by atoms with van der Waals surface area (Å²) >= 11 is 3.51. The third kappa shape index (κ3) is 7.33. The van der Waals surface area contributed by atoms with E-state index in [4.69, 9.17) is 4.74 Å². The predicted octanol–water partition coefficient (Wildman–Crippen LogP) is 5.42. The van der Waals surface area contributed by atoms with E-state index in [1.807, 2.05) is 39.0 Å². The van der Waals surface area contributed by atoms with Gasteiger partial charge >= 0.3 is 0 Å². The lowest BCUT2D eigenvalue weighted by atomic mass is 10.0. The van der Waals surface area contributed by atoms with Crippen LogP contribution in [0, 0.1) is 5.82 Å². The normalized spacial score (nSPS) is 12.0. The summed E-state index contributed by atoms with van der Waals surface area (Å²) in [6.07, 6.45) is 0.443. The Kier molecular flexibility index (Phi) is 9.69. The molecule has 0 aliphatic heterocycles. The number of carbonyl (C=O) groups is 2. The molecule has 0 heterocycles. The minimum atomic E-state index is -0.662. The number of nitrogens with zero attached hydrogens (tertiary/aromatic N) is 1. The molecule has 2 aromatic carbocycles. The van der Waals surface area contributed by atoms with E-state index < -0.39 is 6.04 Å². The highest BCUT2D eigenvalue weighted by Crippen LogP contribution is 2.29. The highest BCUT2D eigenvalue weighted by atomic mass is 79.9. The van der Waals surface area contributed by atoms with Gasteiger partial charge < -0.3 is 15.0 Å². The zero-order valence-electron chi connectivity index (χ0n) is 19.3. The van der Waals surface area contributed by atoms with Gasteiger partial charge in [-0.1, -0.05) is 39.0 Å². The van der Waals surface area contributed by atoms with E-state index in [9.17, 15) is 14.0 Å². The number of hydrogen-bond acceptors (Lipinski definition) is 3. The van der Waals surface area contributed by atoms with E-state index in [0.717, 1.165) is 15.6 Å². The summed E-state index contributed by atoms with van der Waals surface area (Å²) in [6, 6.07) is 11.0. The van der Waals surface area contributed by atoms with Gasteiger partial charge in [-0.3, -0.25) is 9.59 Å². The Morgan fingerprint density at radius 2 is 1.75 bits per heavy atom. The fourth-order valence-corrected chi connectivity index (χ4v) is 3.81. The summed E-state index contributed by atoms with van der Waals surface area (Å²) < 4.78 is 19.9. The smallest absolute Gasteiger partial charge is 0.261 e. The second-order valence-corrected chi connectivity index (χ2v) is 9.22. The topological polar surface area (TPSA) is 58.6 Å². The third-order valence-corrected chi connectivity index (χ3v) is 5.68. The fourth-order valence-electron chi connectivity index (χ4n) is 3.30. The third-order valence-electron chi connectivity index (χ3n) is 5.06.